The molecule has 0 spiro atoms. The predicted molar refractivity (Wildman–Crippen MR) is 94.0 cm³/mol. The number of hydrogen-bond acceptors (Lipinski definition) is 6. The van der Waals surface area contributed by atoms with Crippen molar-refractivity contribution >= 4 is 33.7 Å². The highest BCUT2D eigenvalue weighted by Gasteiger charge is 2.20. The van der Waals surface area contributed by atoms with Crippen LogP contribution in [0.25, 0.3) is 10.2 Å². The van der Waals surface area contributed by atoms with Gasteiger partial charge in [-0.25, -0.2) is 14.2 Å². The minimum absolute atomic E-state index is 0.252. The van der Waals surface area contributed by atoms with Crippen molar-refractivity contribution in [3.05, 3.63) is 62.8 Å². The lowest BCUT2D eigenvalue weighted by atomic mass is 10.2. The van der Waals surface area contributed by atoms with Crippen molar-refractivity contribution in [2.75, 3.05) is 6.61 Å². The number of hydrogen-bond donors (Lipinski definition) is 0. The summed E-state index contributed by atoms with van der Waals surface area (Å²) in [5, 5.41) is 4.36. The second kappa shape index (κ2) is 6.94. The fourth-order valence-electron chi connectivity index (χ4n) is 2.30. The van der Waals surface area contributed by atoms with Crippen LogP contribution in [-0.2, 0) is 4.74 Å². The topological polar surface area (TPSA) is 73.5 Å². The van der Waals surface area contributed by atoms with Crippen LogP contribution in [0.2, 0.25) is 0 Å². The average Bonchev–Trinajstić information content (AvgIpc) is 2.92. The summed E-state index contributed by atoms with van der Waals surface area (Å²) in [4.78, 5) is 29.6. The lowest BCUT2D eigenvalue weighted by Gasteiger charge is -2.00. The molecule has 0 radical (unpaired) electrons. The minimum atomic E-state index is -0.475. The smallest absolute Gasteiger partial charge is 0.348 e. The zero-order chi connectivity index (χ0) is 18.0. The van der Waals surface area contributed by atoms with E-state index in [2.05, 4.69) is 10.1 Å². The van der Waals surface area contributed by atoms with Crippen molar-refractivity contribution in [2.24, 2.45) is 5.10 Å². The molecule has 8 heteroatoms. The SMILES string of the molecule is CCOC(=O)c1sc2ncn(/N=C\c3cccc(F)c3)c(=O)c2c1C. The van der Waals surface area contributed by atoms with Gasteiger partial charge in [-0.2, -0.15) is 9.78 Å². The van der Waals surface area contributed by atoms with Gasteiger partial charge in [0.2, 0.25) is 0 Å². The number of aromatic nitrogens is 2. The third kappa shape index (κ3) is 3.34. The van der Waals surface area contributed by atoms with E-state index in [0.717, 1.165) is 16.0 Å². The quantitative estimate of drug-likeness (QED) is 0.530. The number of fused-ring (bicyclic) bond motifs is 1. The number of carbonyl (C=O) groups excluding carboxylic acids is 1. The van der Waals surface area contributed by atoms with E-state index in [1.54, 1.807) is 26.0 Å². The third-order valence-corrected chi connectivity index (χ3v) is 4.66. The minimum Gasteiger partial charge on any atom is -0.462 e. The third-order valence-electron chi connectivity index (χ3n) is 3.48. The van der Waals surface area contributed by atoms with Crippen molar-refractivity contribution in [2.45, 2.75) is 13.8 Å². The van der Waals surface area contributed by atoms with Crippen LogP contribution >= 0.6 is 11.3 Å². The Morgan fingerprint density at radius 2 is 2.28 bits per heavy atom. The Kier molecular flexibility index (Phi) is 4.71. The number of carbonyl (C=O) groups is 1. The fraction of sp³-hybridized carbons (Fsp3) is 0.176. The number of nitrogens with zero attached hydrogens (tertiary/aromatic N) is 3. The van der Waals surface area contributed by atoms with Gasteiger partial charge in [0.25, 0.3) is 5.56 Å². The van der Waals surface area contributed by atoms with Gasteiger partial charge in [-0.1, -0.05) is 12.1 Å². The van der Waals surface area contributed by atoms with E-state index in [-0.39, 0.29) is 6.61 Å². The van der Waals surface area contributed by atoms with E-state index in [1.807, 2.05) is 0 Å². The van der Waals surface area contributed by atoms with Gasteiger partial charge in [-0.05, 0) is 37.1 Å². The van der Waals surface area contributed by atoms with Crippen LogP contribution in [0.1, 0.15) is 27.7 Å². The molecule has 0 saturated heterocycles. The first kappa shape index (κ1) is 17.0. The molecular formula is C17H14FN3O3S. The van der Waals surface area contributed by atoms with Gasteiger partial charge in [0, 0.05) is 0 Å². The molecule has 0 amide bonds. The molecule has 0 atom stereocenters. The summed E-state index contributed by atoms with van der Waals surface area (Å²) in [6, 6.07) is 5.84. The van der Waals surface area contributed by atoms with Gasteiger partial charge in [0.15, 0.2) is 0 Å². The van der Waals surface area contributed by atoms with Gasteiger partial charge >= 0.3 is 5.97 Å². The summed E-state index contributed by atoms with van der Waals surface area (Å²) >= 11 is 1.11. The maximum Gasteiger partial charge on any atom is 0.348 e. The van der Waals surface area contributed by atoms with Crippen molar-refractivity contribution in [3.8, 4) is 0 Å². The summed E-state index contributed by atoms with van der Waals surface area (Å²) < 4.78 is 19.2. The maximum absolute atomic E-state index is 13.2. The van der Waals surface area contributed by atoms with Crippen LogP contribution in [0, 0.1) is 12.7 Å². The van der Waals surface area contributed by atoms with E-state index in [4.69, 9.17) is 4.74 Å². The first-order chi connectivity index (χ1) is 12.0. The number of ether oxygens (including phenoxy) is 1. The molecule has 0 fully saturated rings. The molecule has 128 valence electrons. The van der Waals surface area contributed by atoms with Crippen molar-refractivity contribution in [3.63, 3.8) is 0 Å². The van der Waals surface area contributed by atoms with Gasteiger partial charge < -0.3 is 4.74 Å². The zero-order valence-electron chi connectivity index (χ0n) is 13.5. The van der Waals surface area contributed by atoms with Crippen LogP contribution in [0.5, 0.6) is 0 Å². The number of rotatable bonds is 4. The summed E-state index contributed by atoms with van der Waals surface area (Å²) in [5.41, 5.74) is 0.634. The molecule has 0 unspecified atom stereocenters. The lowest BCUT2D eigenvalue weighted by Crippen LogP contribution is -2.17. The van der Waals surface area contributed by atoms with Crippen LogP contribution in [-0.4, -0.2) is 28.5 Å². The number of thiophene rings is 1. The van der Waals surface area contributed by atoms with Crippen LogP contribution < -0.4 is 5.56 Å². The molecule has 0 aliphatic heterocycles. The molecule has 0 aliphatic carbocycles. The number of benzene rings is 1. The van der Waals surface area contributed by atoms with Crippen LogP contribution in [0.4, 0.5) is 4.39 Å². The molecule has 2 aromatic heterocycles. The molecule has 1 aromatic carbocycles. The highest BCUT2D eigenvalue weighted by Crippen LogP contribution is 2.27. The summed E-state index contributed by atoms with van der Waals surface area (Å²) in [6.45, 7) is 3.64. The second-order valence-electron chi connectivity index (χ2n) is 5.15. The van der Waals surface area contributed by atoms with E-state index in [9.17, 15) is 14.0 Å². The Labute approximate surface area is 146 Å². The Morgan fingerprint density at radius 3 is 3.00 bits per heavy atom. The van der Waals surface area contributed by atoms with Crippen molar-refractivity contribution in [1.29, 1.82) is 0 Å². The first-order valence-corrected chi connectivity index (χ1v) is 8.30. The van der Waals surface area contributed by atoms with Gasteiger partial charge in [0.05, 0.1) is 18.2 Å². The molecule has 3 aromatic rings. The second-order valence-corrected chi connectivity index (χ2v) is 6.15. The van der Waals surface area contributed by atoms with Gasteiger partial charge in [0.1, 0.15) is 21.9 Å². The predicted octanol–water partition coefficient (Wildman–Crippen LogP) is 2.96. The zero-order valence-corrected chi connectivity index (χ0v) is 14.3. The monoisotopic (exact) mass is 359 g/mol. The summed E-state index contributed by atoms with van der Waals surface area (Å²) in [5.74, 6) is -0.866. The van der Waals surface area contributed by atoms with Crippen molar-refractivity contribution in [1.82, 2.24) is 9.66 Å². The molecule has 0 saturated carbocycles. The van der Waals surface area contributed by atoms with Gasteiger partial charge in [-0.3, -0.25) is 4.79 Å². The average molecular weight is 359 g/mol. The Balaban J connectivity index is 2.04. The van der Waals surface area contributed by atoms with Gasteiger partial charge in [-0.15, -0.1) is 11.3 Å². The lowest BCUT2D eigenvalue weighted by molar-refractivity contribution is 0.0531. The Bertz CT molecular complexity index is 1040. The molecule has 2 heterocycles. The first-order valence-electron chi connectivity index (χ1n) is 7.49. The molecule has 0 bridgehead atoms. The molecule has 25 heavy (non-hydrogen) atoms. The molecule has 0 aliphatic rings. The summed E-state index contributed by atoms with van der Waals surface area (Å²) in [6.07, 6.45) is 2.64. The van der Waals surface area contributed by atoms with E-state index in [0.29, 0.717) is 26.2 Å². The standard InChI is InChI=1S/C17H14FN3O3S/c1-3-24-17(23)14-10(2)13-15(25-14)19-9-21(16(13)22)20-8-11-5-4-6-12(18)7-11/h4-9H,3H2,1-2H3/b20-8-. The Hall–Kier alpha value is -2.87. The van der Waals surface area contributed by atoms with Crippen molar-refractivity contribution < 1.29 is 13.9 Å². The number of esters is 1. The molecule has 3 rings (SSSR count). The number of aryl methyl sites for hydroxylation is 1. The summed E-state index contributed by atoms with van der Waals surface area (Å²) in [7, 11) is 0. The largest absolute Gasteiger partial charge is 0.462 e. The highest BCUT2D eigenvalue weighted by atomic mass is 32.1. The highest BCUT2D eigenvalue weighted by molar-refractivity contribution is 7.20. The van der Waals surface area contributed by atoms with E-state index < -0.39 is 17.3 Å². The normalized spacial score (nSPS) is 11.3. The van der Waals surface area contributed by atoms with Crippen LogP contribution in [0.15, 0.2) is 40.5 Å². The van der Waals surface area contributed by atoms with Crippen LogP contribution in [0.3, 0.4) is 0 Å². The number of halogens is 1. The fourth-order valence-corrected chi connectivity index (χ4v) is 3.34. The Morgan fingerprint density at radius 1 is 1.48 bits per heavy atom. The molecular weight excluding hydrogens is 345 g/mol. The molecule has 6 nitrogen and oxygen atoms in total. The molecule has 0 N–H and O–H groups in total. The van der Waals surface area contributed by atoms with E-state index >= 15 is 0 Å². The maximum atomic E-state index is 13.2. The van der Waals surface area contributed by atoms with E-state index in [1.165, 1.54) is 24.7 Å².